The normalized spacial score (nSPS) is 16.6. The van der Waals surface area contributed by atoms with Gasteiger partial charge in [0.1, 0.15) is 4.90 Å². The highest BCUT2D eigenvalue weighted by Gasteiger charge is 2.67. The van der Waals surface area contributed by atoms with Crippen molar-refractivity contribution >= 4 is 10.2 Å². The zero-order valence-electron chi connectivity index (χ0n) is 14.2. The average Bonchev–Trinajstić information content (AvgIpc) is 2.37. The summed E-state index contributed by atoms with van der Waals surface area (Å²) in [5.74, 6) is -1.08. The third-order valence-electron chi connectivity index (χ3n) is 3.66. The van der Waals surface area contributed by atoms with Crippen molar-refractivity contribution in [1.29, 1.82) is 0 Å². The third-order valence-corrected chi connectivity index (χ3v) is 5.00. The first-order valence-electron chi connectivity index (χ1n) is 7.62. The molecular weight excluding hydrogens is 369 g/mol. The molecule has 0 aromatic heterocycles. The molecule has 0 saturated carbocycles. The minimum absolute atomic E-state index is 0.0116. The highest BCUT2D eigenvalue weighted by Crippen LogP contribution is 3.02. The molecule has 0 unspecified atom stereocenters. The Kier molecular flexibility index (Phi) is 5.79. The van der Waals surface area contributed by atoms with Crippen molar-refractivity contribution < 1.29 is 28.2 Å². The van der Waals surface area contributed by atoms with E-state index in [1.165, 1.54) is 19.1 Å². The average molecular weight is 390 g/mol. The molecule has 0 radical (unpaired) electrons. The number of benzene rings is 1. The Morgan fingerprint density at radius 1 is 0.840 bits per heavy atom. The summed E-state index contributed by atoms with van der Waals surface area (Å²) in [6, 6.07) is 2.34. The molecule has 0 heterocycles. The largest absolute Gasteiger partial charge is 0.310 e. The Morgan fingerprint density at radius 3 is 1.64 bits per heavy atom. The number of allylic oxidation sites excluding steroid dienone is 4. The van der Waals surface area contributed by atoms with Crippen LogP contribution in [0.4, 0.5) is 28.2 Å². The summed E-state index contributed by atoms with van der Waals surface area (Å²) in [6.45, 7) is 3.31. The van der Waals surface area contributed by atoms with Crippen LogP contribution in [0, 0.1) is 6.92 Å². The smallest absolute Gasteiger partial charge is 0.212 e. The second-order valence-electron chi connectivity index (χ2n) is 5.97. The van der Waals surface area contributed by atoms with E-state index in [0.29, 0.717) is 0 Å². The van der Waals surface area contributed by atoms with E-state index in [2.05, 4.69) is 0 Å². The lowest BCUT2D eigenvalue weighted by Gasteiger charge is -2.43. The predicted octanol–water partition coefficient (Wildman–Crippen LogP) is 8.26. The molecule has 25 heavy (non-hydrogen) atoms. The fourth-order valence-corrected chi connectivity index (χ4v) is 4.02. The minimum Gasteiger partial charge on any atom is -0.212 e. The number of hydrogen-bond acceptors (Lipinski definition) is 0. The standard InChI is InChI=1S/C17H21F7S/c1-12(18)6-4-8-15-10-11-16(9-5-7-13(2)19)17(14(15)3)25(20,21,22,23)24/h6-7,10-11H,4-5,8-9H2,1-3H3/b12-6-,13-7-. The number of aryl methyl sites for hydroxylation is 2. The molecule has 0 fully saturated rings. The van der Waals surface area contributed by atoms with Gasteiger partial charge in [0.05, 0.1) is 11.7 Å². The molecule has 1 rings (SSSR count). The molecule has 1 aromatic carbocycles. The summed E-state index contributed by atoms with van der Waals surface area (Å²) >= 11 is 0. The molecule has 0 N–H and O–H groups in total. The SMILES string of the molecule is C/C(F)=C/CCc1ccc(CC/C=C(/C)F)c(S(F)(F)(F)(F)F)c1C. The van der Waals surface area contributed by atoms with Gasteiger partial charge in [-0.15, -0.1) is 0 Å². The second kappa shape index (κ2) is 6.70. The van der Waals surface area contributed by atoms with Gasteiger partial charge in [-0.25, -0.2) is 8.78 Å². The molecule has 8 heteroatoms. The summed E-state index contributed by atoms with van der Waals surface area (Å²) in [5.41, 5.74) is -1.03. The van der Waals surface area contributed by atoms with Crippen LogP contribution in [0.1, 0.15) is 43.4 Å². The molecule has 144 valence electrons. The van der Waals surface area contributed by atoms with Gasteiger partial charge in [-0.1, -0.05) is 43.7 Å². The predicted molar refractivity (Wildman–Crippen MR) is 88.9 cm³/mol. The molecule has 0 aliphatic carbocycles. The van der Waals surface area contributed by atoms with Crippen molar-refractivity contribution in [3.63, 3.8) is 0 Å². The quantitative estimate of drug-likeness (QED) is 0.411. The fraction of sp³-hybridized carbons (Fsp3) is 0.412. The van der Waals surface area contributed by atoms with E-state index in [0.717, 1.165) is 26.0 Å². The van der Waals surface area contributed by atoms with Crippen LogP contribution in [0.5, 0.6) is 0 Å². The molecule has 0 atom stereocenters. The maximum absolute atomic E-state index is 13.5. The van der Waals surface area contributed by atoms with Crippen LogP contribution in [0.25, 0.3) is 0 Å². The minimum atomic E-state index is -9.92. The molecule has 0 amide bonds. The lowest BCUT2D eigenvalue weighted by atomic mass is 9.98. The van der Waals surface area contributed by atoms with Crippen molar-refractivity contribution in [2.24, 2.45) is 0 Å². The van der Waals surface area contributed by atoms with Crippen molar-refractivity contribution in [1.82, 2.24) is 0 Å². The Labute approximate surface area is 143 Å². The van der Waals surface area contributed by atoms with Crippen LogP contribution in [0.15, 0.2) is 40.8 Å². The monoisotopic (exact) mass is 390 g/mol. The highest BCUT2D eigenvalue weighted by atomic mass is 32.5. The van der Waals surface area contributed by atoms with E-state index in [1.54, 1.807) is 0 Å². The second-order valence-corrected chi connectivity index (χ2v) is 8.31. The van der Waals surface area contributed by atoms with E-state index in [9.17, 15) is 28.2 Å². The van der Waals surface area contributed by atoms with Gasteiger partial charge >= 0.3 is 10.2 Å². The molecule has 1 aromatic rings. The summed E-state index contributed by atoms with van der Waals surface area (Å²) in [6.07, 6.45) is 1.87. The lowest BCUT2D eigenvalue weighted by Crippen LogP contribution is -2.13. The maximum Gasteiger partial charge on any atom is 0.310 e. The molecule has 0 spiro atoms. The van der Waals surface area contributed by atoms with Crippen LogP contribution in [-0.4, -0.2) is 0 Å². The van der Waals surface area contributed by atoms with Gasteiger partial charge in [-0.2, -0.15) is 0 Å². The highest BCUT2D eigenvalue weighted by molar-refractivity contribution is 8.45. The van der Waals surface area contributed by atoms with Gasteiger partial charge in [0.2, 0.25) is 0 Å². The van der Waals surface area contributed by atoms with E-state index >= 15 is 0 Å². The zero-order chi connectivity index (χ0) is 19.5. The number of hydrogen-bond donors (Lipinski definition) is 0. The van der Waals surface area contributed by atoms with Gasteiger partial charge in [0.15, 0.2) is 0 Å². The molecule has 0 bridgehead atoms. The third kappa shape index (κ3) is 6.76. The molecule has 0 aliphatic rings. The topological polar surface area (TPSA) is 0 Å². The molecule has 0 aliphatic heterocycles. The summed E-state index contributed by atoms with van der Waals surface area (Å²) in [7, 11) is -9.92. The Bertz CT molecular complexity index is 692. The van der Waals surface area contributed by atoms with Crippen LogP contribution in [0.3, 0.4) is 0 Å². The Balaban J connectivity index is 3.39. The van der Waals surface area contributed by atoms with Crippen molar-refractivity contribution in [2.75, 3.05) is 0 Å². The number of halogens is 7. The van der Waals surface area contributed by atoms with Gasteiger partial charge in [0.25, 0.3) is 0 Å². The zero-order valence-corrected chi connectivity index (χ0v) is 15.0. The summed E-state index contributed by atoms with van der Waals surface area (Å²) in [4.78, 5) is -1.90. The first-order chi connectivity index (χ1) is 11.1. The van der Waals surface area contributed by atoms with Gasteiger partial charge < -0.3 is 0 Å². The van der Waals surface area contributed by atoms with Gasteiger partial charge in [0, 0.05) is 0 Å². The van der Waals surface area contributed by atoms with E-state index in [-0.39, 0.29) is 31.2 Å². The first-order valence-corrected chi connectivity index (χ1v) is 9.57. The van der Waals surface area contributed by atoms with E-state index in [4.69, 9.17) is 0 Å². The van der Waals surface area contributed by atoms with Crippen LogP contribution >= 0.6 is 10.2 Å². The van der Waals surface area contributed by atoms with Crippen molar-refractivity contribution in [3.8, 4) is 0 Å². The Morgan fingerprint density at radius 2 is 1.24 bits per heavy atom. The molecular formula is C17H21F7S. The lowest BCUT2D eigenvalue weighted by molar-refractivity contribution is 0.361. The molecule has 0 saturated heterocycles. The van der Waals surface area contributed by atoms with E-state index in [1.807, 2.05) is 0 Å². The molecule has 0 nitrogen and oxygen atoms in total. The van der Waals surface area contributed by atoms with Gasteiger partial charge in [-0.05, 0) is 63.1 Å². The first kappa shape index (κ1) is 21.6. The number of rotatable bonds is 7. The Hall–Kier alpha value is -1.44. The van der Waals surface area contributed by atoms with Crippen molar-refractivity contribution in [3.05, 3.63) is 52.6 Å². The fourth-order valence-electron chi connectivity index (χ4n) is 2.65. The van der Waals surface area contributed by atoms with Crippen LogP contribution in [0.2, 0.25) is 0 Å². The van der Waals surface area contributed by atoms with Crippen LogP contribution < -0.4 is 0 Å². The summed E-state index contributed by atoms with van der Waals surface area (Å²) < 4.78 is 93.0. The van der Waals surface area contributed by atoms with Crippen LogP contribution in [-0.2, 0) is 12.8 Å². The van der Waals surface area contributed by atoms with Crippen molar-refractivity contribution in [2.45, 2.75) is 51.3 Å². The maximum atomic E-state index is 13.5. The van der Waals surface area contributed by atoms with Gasteiger partial charge in [-0.3, -0.25) is 0 Å². The summed E-state index contributed by atoms with van der Waals surface area (Å²) in [5, 5.41) is 0. The van der Waals surface area contributed by atoms with E-state index < -0.39 is 37.9 Å².